The first-order valence-corrected chi connectivity index (χ1v) is 5.91. The van der Waals surface area contributed by atoms with Crippen LogP contribution in [0.1, 0.15) is 23.7 Å². The molecule has 0 saturated heterocycles. The Kier molecular flexibility index (Phi) is 5.39. The Balaban J connectivity index is 2.75. The molecule has 0 fully saturated rings. The van der Waals surface area contributed by atoms with E-state index in [1.807, 2.05) is 0 Å². The number of nitrogens with one attached hydrogen (secondary N) is 1. The zero-order valence-electron chi connectivity index (χ0n) is 11.0. The monoisotopic (exact) mass is 305 g/mol. The van der Waals surface area contributed by atoms with Gasteiger partial charge in [0.1, 0.15) is 5.75 Å². The smallest absolute Gasteiger partial charge is 0.409 e. The van der Waals surface area contributed by atoms with Gasteiger partial charge in [0.2, 0.25) is 0 Å². The van der Waals surface area contributed by atoms with Gasteiger partial charge in [-0.15, -0.1) is 13.2 Å². The van der Waals surface area contributed by atoms with Gasteiger partial charge in [-0.05, 0) is 30.7 Å². The Morgan fingerprint density at radius 2 is 2.00 bits per heavy atom. The van der Waals surface area contributed by atoms with Crippen LogP contribution in [-0.2, 0) is 0 Å². The first kappa shape index (κ1) is 16.6. The maximum absolute atomic E-state index is 12.0. The Bertz CT molecular complexity index is 515. The van der Waals surface area contributed by atoms with Crippen molar-refractivity contribution in [3.63, 3.8) is 0 Å². The lowest BCUT2D eigenvalue weighted by Gasteiger charge is -2.15. The predicted octanol–water partition coefficient (Wildman–Crippen LogP) is 1.84. The van der Waals surface area contributed by atoms with Crippen molar-refractivity contribution in [3.05, 3.63) is 29.8 Å². The normalized spacial score (nSPS) is 13.6. The molecule has 6 nitrogen and oxygen atoms in total. The molecule has 0 bridgehead atoms. The molecule has 0 aliphatic heterocycles. The van der Waals surface area contributed by atoms with Crippen LogP contribution >= 0.6 is 0 Å². The number of hydrogen-bond donors (Lipinski definition) is 3. The fourth-order valence-electron chi connectivity index (χ4n) is 1.50. The van der Waals surface area contributed by atoms with Crippen molar-refractivity contribution in [2.24, 2.45) is 10.9 Å². The van der Waals surface area contributed by atoms with E-state index in [0.29, 0.717) is 6.42 Å². The highest BCUT2D eigenvalue weighted by Gasteiger charge is 2.31. The first-order valence-electron chi connectivity index (χ1n) is 5.91. The van der Waals surface area contributed by atoms with E-state index in [9.17, 15) is 18.0 Å². The lowest BCUT2D eigenvalue weighted by molar-refractivity contribution is -0.274. The van der Waals surface area contributed by atoms with E-state index in [1.54, 1.807) is 6.92 Å². The molecule has 21 heavy (non-hydrogen) atoms. The lowest BCUT2D eigenvalue weighted by Crippen LogP contribution is -2.44. The van der Waals surface area contributed by atoms with E-state index in [1.165, 1.54) is 12.1 Å². The van der Waals surface area contributed by atoms with Gasteiger partial charge >= 0.3 is 6.36 Å². The van der Waals surface area contributed by atoms with E-state index in [0.717, 1.165) is 12.1 Å². The zero-order chi connectivity index (χ0) is 16.0. The highest BCUT2D eigenvalue weighted by molar-refractivity contribution is 5.98. The van der Waals surface area contributed by atoms with Crippen molar-refractivity contribution < 1.29 is 27.9 Å². The van der Waals surface area contributed by atoms with E-state index in [4.69, 9.17) is 10.9 Å². The number of oxime groups is 1. The number of alkyl halides is 3. The molecule has 1 amide bonds. The molecule has 0 aliphatic carbocycles. The summed E-state index contributed by atoms with van der Waals surface area (Å²) >= 11 is 0. The molecule has 1 atom stereocenters. The van der Waals surface area contributed by atoms with Crippen LogP contribution in [0.4, 0.5) is 13.2 Å². The standard InChI is InChI=1S/C12H14F3N3O3/c1-2-9(10(16)18-20)17-11(19)7-3-5-8(6-4-7)21-12(13,14)15/h3-6,9,20H,2H2,1H3,(H2,16,18)(H,17,19). The number of halogens is 3. The number of amidine groups is 1. The number of amides is 1. The number of ether oxygens (including phenoxy) is 1. The molecular formula is C12H14F3N3O3. The minimum absolute atomic E-state index is 0.119. The number of carbonyl (C=O) groups excluding carboxylic acids is 1. The third kappa shape index (κ3) is 5.21. The minimum Gasteiger partial charge on any atom is -0.409 e. The van der Waals surface area contributed by atoms with Crippen LogP contribution in [0.25, 0.3) is 0 Å². The third-order valence-corrected chi connectivity index (χ3v) is 2.54. The molecule has 0 aromatic heterocycles. The molecule has 116 valence electrons. The maximum Gasteiger partial charge on any atom is 0.573 e. The quantitative estimate of drug-likeness (QED) is 0.335. The van der Waals surface area contributed by atoms with E-state index in [2.05, 4.69) is 15.2 Å². The molecule has 0 saturated carbocycles. The SMILES string of the molecule is CCC(NC(=O)c1ccc(OC(F)(F)F)cc1)/C(N)=N/O. The van der Waals surface area contributed by atoms with Crippen LogP contribution < -0.4 is 15.8 Å². The second kappa shape index (κ2) is 6.82. The second-order valence-electron chi connectivity index (χ2n) is 4.03. The topological polar surface area (TPSA) is 96.9 Å². The van der Waals surface area contributed by atoms with Gasteiger partial charge in [0.15, 0.2) is 5.84 Å². The number of carbonyl (C=O) groups is 1. The Morgan fingerprint density at radius 3 is 2.43 bits per heavy atom. The third-order valence-electron chi connectivity index (χ3n) is 2.54. The second-order valence-corrected chi connectivity index (χ2v) is 4.03. The highest BCUT2D eigenvalue weighted by Crippen LogP contribution is 2.22. The molecular weight excluding hydrogens is 291 g/mol. The van der Waals surface area contributed by atoms with Gasteiger partial charge in [-0.25, -0.2) is 0 Å². The van der Waals surface area contributed by atoms with Crippen molar-refractivity contribution in [1.82, 2.24) is 5.32 Å². The van der Waals surface area contributed by atoms with Gasteiger partial charge in [0.05, 0.1) is 6.04 Å². The van der Waals surface area contributed by atoms with Gasteiger partial charge in [-0.2, -0.15) is 0 Å². The summed E-state index contributed by atoms with van der Waals surface area (Å²) in [7, 11) is 0. The summed E-state index contributed by atoms with van der Waals surface area (Å²) in [6.07, 6.45) is -4.40. The van der Waals surface area contributed by atoms with Gasteiger partial charge in [0.25, 0.3) is 5.91 Å². The molecule has 1 aromatic carbocycles. The van der Waals surface area contributed by atoms with Crippen LogP contribution in [0.3, 0.4) is 0 Å². The molecule has 0 aliphatic rings. The molecule has 1 aromatic rings. The average Bonchev–Trinajstić information content (AvgIpc) is 2.42. The van der Waals surface area contributed by atoms with Gasteiger partial charge in [-0.3, -0.25) is 4.79 Å². The Morgan fingerprint density at radius 1 is 1.43 bits per heavy atom. The molecule has 0 spiro atoms. The van der Waals surface area contributed by atoms with Crippen molar-refractivity contribution in [1.29, 1.82) is 0 Å². The minimum atomic E-state index is -4.79. The number of nitrogens with two attached hydrogens (primary N) is 1. The molecule has 1 rings (SSSR count). The zero-order valence-corrected chi connectivity index (χ0v) is 11.0. The number of nitrogens with zero attached hydrogens (tertiary/aromatic N) is 1. The predicted molar refractivity (Wildman–Crippen MR) is 68.1 cm³/mol. The number of hydrogen-bond acceptors (Lipinski definition) is 4. The Labute approximate surface area is 118 Å². The van der Waals surface area contributed by atoms with Gasteiger partial charge in [0, 0.05) is 5.56 Å². The summed E-state index contributed by atoms with van der Waals surface area (Å²) in [6, 6.07) is 3.72. The van der Waals surface area contributed by atoms with Gasteiger partial charge < -0.3 is 21.0 Å². The van der Waals surface area contributed by atoms with Crippen LogP contribution in [0.5, 0.6) is 5.75 Å². The molecule has 0 radical (unpaired) electrons. The van der Waals surface area contributed by atoms with Crippen molar-refractivity contribution in [3.8, 4) is 5.75 Å². The summed E-state index contributed by atoms with van der Waals surface area (Å²) in [6.45, 7) is 1.71. The van der Waals surface area contributed by atoms with Crippen molar-refractivity contribution in [2.75, 3.05) is 0 Å². The maximum atomic E-state index is 12.0. The van der Waals surface area contributed by atoms with E-state index < -0.39 is 24.1 Å². The van der Waals surface area contributed by atoms with Crippen molar-refractivity contribution >= 4 is 11.7 Å². The summed E-state index contributed by atoms with van der Waals surface area (Å²) in [5.74, 6) is -1.16. The van der Waals surface area contributed by atoms with Crippen LogP contribution in [0.15, 0.2) is 29.4 Å². The molecule has 0 heterocycles. The summed E-state index contributed by atoms with van der Waals surface area (Å²) in [4.78, 5) is 11.9. The number of benzene rings is 1. The fraction of sp³-hybridized carbons (Fsp3) is 0.333. The molecule has 4 N–H and O–H groups in total. The van der Waals surface area contributed by atoms with Gasteiger partial charge in [-0.1, -0.05) is 12.1 Å². The molecule has 1 unspecified atom stereocenters. The van der Waals surface area contributed by atoms with E-state index in [-0.39, 0.29) is 11.4 Å². The molecule has 9 heteroatoms. The average molecular weight is 305 g/mol. The Hall–Kier alpha value is -2.45. The first-order chi connectivity index (χ1) is 9.76. The van der Waals surface area contributed by atoms with Crippen LogP contribution in [0.2, 0.25) is 0 Å². The summed E-state index contributed by atoms with van der Waals surface area (Å²) < 4.78 is 39.7. The lowest BCUT2D eigenvalue weighted by atomic mass is 10.1. The summed E-state index contributed by atoms with van der Waals surface area (Å²) in [5.41, 5.74) is 5.51. The highest BCUT2D eigenvalue weighted by atomic mass is 19.4. The van der Waals surface area contributed by atoms with Crippen molar-refractivity contribution in [2.45, 2.75) is 25.7 Å². The number of rotatable bonds is 5. The van der Waals surface area contributed by atoms with Crippen LogP contribution in [-0.4, -0.2) is 29.4 Å². The fourth-order valence-corrected chi connectivity index (χ4v) is 1.50. The largest absolute Gasteiger partial charge is 0.573 e. The van der Waals surface area contributed by atoms with E-state index >= 15 is 0 Å². The summed E-state index contributed by atoms with van der Waals surface area (Å²) in [5, 5.41) is 13.8. The van der Waals surface area contributed by atoms with Crippen LogP contribution in [0, 0.1) is 0 Å².